The predicted octanol–water partition coefficient (Wildman–Crippen LogP) is 4.98. The number of hydrogen-bond acceptors (Lipinski definition) is 4. The highest BCUT2D eigenvalue weighted by Gasteiger charge is 2.12. The number of para-hydroxylation sites is 1. The fraction of sp³-hybridized carbons (Fsp3) is 0.0800. The Balaban J connectivity index is 1.46. The van der Waals surface area contributed by atoms with Gasteiger partial charge in [-0.3, -0.25) is 14.2 Å². The molecule has 1 amide bonds. The predicted molar refractivity (Wildman–Crippen MR) is 127 cm³/mol. The largest absolute Gasteiger partial charge is 0.325 e. The van der Waals surface area contributed by atoms with E-state index in [2.05, 4.69) is 16.9 Å². The van der Waals surface area contributed by atoms with Crippen LogP contribution in [-0.2, 0) is 11.3 Å². The Hall–Kier alpha value is -3.64. The normalized spacial score (nSPS) is 10.7. The van der Waals surface area contributed by atoms with Crippen LogP contribution in [0.25, 0.3) is 22.0 Å². The van der Waals surface area contributed by atoms with Crippen molar-refractivity contribution in [2.75, 3.05) is 11.1 Å². The summed E-state index contributed by atoms with van der Waals surface area (Å²) in [6.45, 7) is 4.06. The number of nitrogens with zero attached hydrogens (tertiary/aromatic N) is 2. The van der Waals surface area contributed by atoms with Crippen molar-refractivity contribution in [3.8, 4) is 11.1 Å². The van der Waals surface area contributed by atoms with E-state index >= 15 is 0 Å². The number of rotatable bonds is 7. The van der Waals surface area contributed by atoms with Crippen LogP contribution in [0.5, 0.6) is 0 Å². The summed E-state index contributed by atoms with van der Waals surface area (Å²) < 4.78 is 1.54. The van der Waals surface area contributed by atoms with Crippen LogP contribution in [-0.4, -0.2) is 21.2 Å². The molecule has 0 unspecified atom stereocenters. The quantitative estimate of drug-likeness (QED) is 0.257. The van der Waals surface area contributed by atoms with Gasteiger partial charge >= 0.3 is 0 Å². The third-order valence-corrected chi connectivity index (χ3v) is 5.72. The zero-order valence-corrected chi connectivity index (χ0v) is 17.6. The summed E-state index contributed by atoms with van der Waals surface area (Å²) in [4.78, 5) is 29.9. The van der Waals surface area contributed by atoms with Crippen LogP contribution in [0.1, 0.15) is 0 Å². The van der Waals surface area contributed by atoms with Crippen LogP contribution < -0.4 is 10.9 Å². The van der Waals surface area contributed by atoms with E-state index in [9.17, 15) is 9.59 Å². The van der Waals surface area contributed by atoms with Crippen LogP contribution >= 0.6 is 11.8 Å². The maximum Gasteiger partial charge on any atom is 0.262 e. The highest BCUT2D eigenvalue weighted by Crippen LogP contribution is 2.22. The minimum Gasteiger partial charge on any atom is -0.325 e. The molecule has 0 radical (unpaired) electrons. The van der Waals surface area contributed by atoms with Gasteiger partial charge in [-0.25, -0.2) is 4.98 Å². The van der Waals surface area contributed by atoms with E-state index in [1.807, 2.05) is 66.7 Å². The van der Waals surface area contributed by atoms with Crippen molar-refractivity contribution >= 4 is 34.3 Å². The number of carbonyl (C=O) groups excluding carboxylic acids is 1. The number of nitrogens with one attached hydrogen (secondary N) is 1. The molecule has 0 aliphatic heterocycles. The van der Waals surface area contributed by atoms with Crippen molar-refractivity contribution in [2.45, 2.75) is 11.7 Å². The summed E-state index contributed by atoms with van der Waals surface area (Å²) >= 11 is 1.24. The zero-order valence-electron chi connectivity index (χ0n) is 16.8. The number of amides is 1. The van der Waals surface area contributed by atoms with Gasteiger partial charge in [0, 0.05) is 12.2 Å². The van der Waals surface area contributed by atoms with Gasteiger partial charge in [0.05, 0.1) is 16.7 Å². The highest BCUT2D eigenvalue weighted by atomic mass is 32.2. The molecule has 5 nitrogen and oxygen atoms in total. The Morgan fingerprint density at radius 2 is 1.65 bits per heavy atom. The van der Waals surface area contributed by atoms with E-state index in [0.29, 0.717) is 22.6 Å². The smallest absolute Gasteiger partial charge is 0.262 e. The molecule has 1 aromatic heterocycles. The van der Waals surface area contributed by atoms with Gasteiger partial charge in [0.25, 0.3) is 5.56 Å². The van der Waals surface area contributed by atoms with Crippen LogP contribution in [0.4, 0.5) is 5.69 Å². The van der Waals surface area contributed by atoms with Gasteiger partial charge < -0.3 is 5.32 Å². The van der Waals surface area contributed by atoms with E-state index < -0.39 is 0 Å². The van der Waals surface area contributed by atoms with E-state index in [1.54, 1.807) is 22.8 Å². The second-order valence-corrected chi connectivity index (χ2v) is 7.84. The van der Waals surface area contributed by atoms with Crippen molar-refractivity contribution < 1.29 is 4.79 Å². The molecule has 0 spiro atoms. The molecule has 154 valence electrons. The van der Waals surface area contributed by atoms with E-state index in [1.165, 1.54) is 11.8 Å². The van der Waals surface area contributed by atoms with E-state index in [-0.39, 0.29) is 17.2 Å². The lowest BCUT2D eigenvalue weighted by atomic mass is 10.1. The molecule has 0 aliphatic rings. The lowest BCUT2D eigenvalue weighted by Gasteiger charge is -2.11. The maximum atomic E-state index is 12.8. The molecule has 3 aromatic carbocycles. The number of thioether (sulfide) groups is 1. The summed E-state index contributed by atoms with van der Waals surface area (Å²) in [5.41, 5.74) is 3.41. The minimum absolute atomic E-state index is 0.134. The van der Waals surface area contributed by atoms with Gasteiger partial charge in [-0.2, -0.15) is 0 Å². The molecule has 4 rings (SSSR count). The van der Waals surface area contributed by atoms with Gasteiger partial charge in [-0.05, 0) is 35.4 Å². The Morgan fingerprint density at radius 3 is 2.39 bits per heavy atom. The standard InChI is InChI=1S/C25H21N3O2S/c1-2-16-28-24(30)21-10-6-7-11-22(21)27-25(28)31-17-23(29)26-20-14-12-19(13-15-20)18-8-4-3-5-9-18/h2-15H,1,16-17H2,(H,26,29). The van der Waals surface area contributed by atoms with Crippen molar-refractivity contribution in [1.82, 2.24) is 9.55 Å². The average Bonchev–Trinajstić information content (AvgIpc) is 2.81. The van der Waals surface area contributed by atoms with Gasteiger partial charge in [0.15, 0.2) is 5.16 Å². The summed E-state index contributed by atoms with van der Waals surface area (Å²) in [5, 5.41) is 3.95. The van der Waals surface area contributed by atoms with Crippen LogP contribution in [0.3, 0.4) is 0 Å². The molecule has 1 N–H and O–H groups in total. The average molecular weight is 428 g/mol. The molecule has 0 atom stereocenters. The second kappa shape index (κ2) is 9.45. The molecule has 0 saturated heterocycles. The Labute approximate surface area is 184 Å². The topological polar surface area (TPSA) is 64.0 Å². The van der Waals surface area contributed by atoms with Crippen LogP contribution in [0.2, 0.25) is 0 Å². The molecule has 0 fully saturated rings. The number of allylic oxidation sites excluding steroid dienone is 1. The van der Waals surface area contributed by atoms with Gasteiger partial charge in [-0.15, -0.1) is 6.58 Å². The number of aromatic nitrogens is 2. The first-order valence-electron chi connectivity index (χ1n) is 9.84. The van der Waals surface area contributed by atoms with Gasteiger partial charge in [0.1, 0.15) is 0 Å². The minimum atomic E-state index is -0.162. The SMILES string of the molecule is C=CCn1c(SCC(=O)Nc2ccc(-c3ccccc3)cc2)nc2ccccc2c1=O. The molecule has 31 heavy (non-hydrogen) atoms. The number of anilines is 1. The Kier molecular flexibility index (Phi) is 6.29. The van der Waals surface area contributed by atoms with E-state index in [4.69, 9.17) is 0 Å². The fourth-order valence-electron chi connectivity index (χ4n) is 3.25. The monoisotopic (exact) mass is 427 g/mol. The fourth-order valence-corrected chi connectivity index (χ4v) is 4.06. The number of benzene rings is 3. The Bertz CT molecular complexity index is 1280. The first-order valence-corrected chi connectivity index (χ1v) is 10.8. The van der Waals surface area contributed by atoms with E-state index in [0.717, 1.165) is 16.8 Å². The molecule has 0 bridgehead atoms. The van der Waals surface area contributed by atoms with Gasteiger partial charge in [-0.1, -0.05) is 72.4 Å². The number of hydrogen-bond donors (Lipinski definition) is 1. The highest BCUT2D eigenvalue weighted by molar-refractivity contribution is 7.99. The molecule has 6 heteroatoms. The number of fused-ring (bicyclic) bond motifs is 1. The van der Waals surface area contributed by atoms with Crippen LogP contribution in [0.15, 0.2) is 101 Å². The van der Waals surface area contributed by atoms with Crippen molar-refractivity contribution in [3.05, 3.63) is 102 Å². The first kappa shape index (κ1) is 20.6. The lowest BCUT2D eigenvalue weighted by molar-refractivity contribution is -0.113. The zero-order chi connectivity index (χ0) is 21.6. The molecule has 0 aliphatic carbocycles. The Morgan fingerprint density at radius 1 is 0.968 bits per heavy atom. The number of carbonyl (C=O) groups is 1. The molecular weight excluding hydrogens is 406 g/mol. The van der Waals surface area contributed by atoms with Gasteiger partial charge in [0.2, 0.25) is 5.91 Å². The first-order chi connectivity index (χ1) is 15.2. The van der Waals surface area contributed by atoms with Crippen molar-refractivity contribution in [2.24, 2.45) is 0 Å². The summed E-state index contributed by atoms with van der Waals surface area (Å²) in [6, 6.07) is 25.0. The summed E-state index contributed by atoms with van der Waals surface area (Å²) in [5.74, 6) is -0.0208. The molecule has 4 aromatic rings. The third-order valence-electron chi connectivity index (χ3n) is 4.75. The van der Waals surface area contributed by atoms with Crippen molar-refractivity contribution in [1.29, 1.82) is 0 Å². The van der Waals surface area contributed by atoms with Crippen molar-refractivity contribution in [3.63, 3.8) is 0 Å². The molecule has 1 heterocycles. The van der Waals surface area contributed by atoms with Crippen LogP contribution in [0, 0.1) is 0 Å². The molecule has 0 saturated carbocycles. The lowest BCUT2D eigenvalue weighted by Crippen LogP contribution is -2.23. The summed E-state index contributed by atoms with van der Waals surface area (Å²) in [7, 11) is 0. The third kappa shape index (κ3) is 4.75. The maximum absolute atomic E-state index is 12.8. The molecular formula is C25H21N3O2S. The summed E-state index contributed by atoms with van der Waals surface area (Å²) in [6.07, 6.45) is 1.65. The second-order valence-electron chi connectivity index (χ2n) is 6.90.